The van der Waals surface area contributed by atoms with Crippen LogP contribution >= 0.6 is 0 Å². The average molecular weight is 452 g/mol. The molecule has 1 saturated heterocycles. The van der Waals surface area contributed by atoms with Crippen molar-refractivity contribution in [3.8, 4) is 0 Å². The van der Waals surface area contributed by atoms with E-state index in [0.717, 1.165) is 11.1 Å². The minimum atomic E-state index is -1.77. The van der Waals surface area contributed by atoms with Gasteiger partial charge in [0.25, 0.3) is 11.6 Å². The SMILES string of the molecule is Cc1ccc2c(c1)C1(C(=O)N2Cc2ccccc2)C(=[N+]([O-])O)CCCN1C(=O)OC(C)(C)C. The molecular formula is C25H29N3O5. The molecule has 1 N–H and O–H groups in total. The predicted molar refractivity (Wildman–Crippen MR) is 123 cm³/mol. The Hall–Kier alpha value is -3.55. The fraction of sp³-hybridized carbons (Fsp3) is 0.400. The van der Waals surface area contributed by atoms with Crippen LogP contribution in [0.15, 0.2) is 48.5 Å². The van der Waals surface area contributed by atoms with Crippen molar-refractivity contribution in [2.24, 2.45) is 0 Å². The summed E-state index contributed by atoms with van der Waals surface area (Å²) in [5.41, 5.74) is 0.223. The fourth-order valence-corrected chi connectivity index (χ4v) is 4.75. The summed E-state index contributed by atoms with van der Waals surface area (Å²) in [5.74, 6) is -0.456. The molecule has 2 aromatic carbocycles. The number of hydrogen-bond acceptors (Lipinski definition) is 5. The summed E-state index contributed by atoms with van der Waals surface area (Å²) in [7, 11) is 0. The molecule has 2 heterocycles. The van der Waals surface area contributed by atoms with Gasteiger partial charge in [-0.15, -0.1) is 0 Å². The Bertz CT molecular complexity index is 1120. The van der Waals surface area contributed by atoms with E-state index in [2.05, 4.69) is 0 Å². The summed E-state index contributed by atoms with van der Waals surface area (Å²) in [6.45, 7) is 7.59. The van der Waals surface area contributed by atoms with Crippen molar-refractivity contribution < 1.29 is 24.4 Å². The maximum absolute atomic E-state index is 14.2. The number of carbonyl (C=O) groups is 2. The number of rotatable bonds is 2. The first-order chi connectivity index (χ1) is 15.6. The van der Waals surface area contributed by atoms with Crippen molar-refractivity contribution in [3.05, 3.63) is 70.4 Å². The molecule has 33 heavy (non-hydrogen) atoms. The summed E-state index contributed by atoms with van der Waals surface area (Å²) < 4.78 is 5.64. The molecule has 0 aliphatic carbocycles. The number of fused-ring (bicyclic) bond motifs is 2. The molecule has 0 radical (unpaired) electrons. The number of anilines is 1. The third-order valence-electron chi connectivity index (χ3n) is 6.03. The van der Waals surface area contributed by atoms with Crippen LogP contribution in [0.4, 0.5) is 10.5 Å². The molecule has 8 heteroatoms. The number of likely N-dealkylation sites (tertiary alicyclic amines) is 1. The van der Waals surface area contributed by atoms with E-state index >= 15 is 0 Å². The molecule has 8 nitrogen and oxygen atoms in total. The van der Waals surface area contributed by atoms with Gasteiger partial charge in [0.15, 0.2) is 0 Å². The molecular weight excluding hydrogens is 422 g/mol. The number of benzene rings is 2. The zero-order valence-corrected chi connectivity index (χ0v) is 19.4. The molecule has 1 unspecified atom stereocenters. The number of hydrogen-bond donors (Lipinski definition) is 1. The predicted octanol–water partition coefficient (Wildman–Crippen LogP) is 4.11. The molecule has 174 valence electrons. The molecule has 2 amide bonds. The molecule has 1 spiro atoms. The zero-order valence-electron chi connectivity index (χ0n) is 19.4. The second-order valence-corrected chi connectivity index (χ2v) is 9.56. The van der Waals surface area contributed by atoms with Gasteiger partial charge in [-0.05, 0) is 45.7 Å². The average Bonchev–Trinajstić information content (AvgIpc) is 2.96. The van der Waals surface area contributed by atoms with Crippen molar-refractivity contribution >= 4 is 23.4 Å². The topological polar surface area (TPSA) is 96.1 Å². The number of nitrogens with zero attached hydrogens (tertiary/aromatic N) is 3. The van der Waals surface area contributed by atoms with Gasteiger partial charge in [0.2, 0.25) is 5.54 Å². The second kappa shape index (κ2) is 8.10. The van der Waals surface area contributed by atoms with Gasteiger partial charge in [0.05, 0.1) is 12.2 Å². The van der Waals surface area contributed by atoms with Crippen LogP contribution in [0.1, 0.15) is 50.3 Å². The van der Waals surface area contributed by atoms with Crippen LogP contribution in [0.25, 0.3) is 0 Å². The molecule has 0 saturated carbocycles. The first-order valence-corrected chi connectivity index (χ1v) is 11.1. The van der Waals surface area contributed by atoms with Gasteiger partial charge in [-0.25, -0.2) is 4.79 Å². The second-order valence-electron chi connectivity index (χ2n) is 9.56. The highest BCUT2D eigenvalue weighted by Crippen LogP contribution is 2.49. The van der Waals surface area contributed by atoms with E-state index in [4.69, 9.17) is 4.74 Å². The molecule has 0 aromatic heterocycles. The van der Waals surface area contributed by atoms with Crippen LogP contribution in [0.3, 0.4) is 0 Å². The van der Waals surface area contributed by atoms with E-state index in [9.17, 15) is 20.0 Å². The molecule has 2 aromatic rings. The van der Waals surface area contributed by atoms with Gasteiger partial charge in [-0.2, -0.15) is 0 Å². The molecule has 4 rings (SSSR count). The third kappa shape index (κ3) is 3.79. The number of amides is 2. The fourth-order valence-electron chi connectivity index (χ4n) is 4.75. The highest BCUT2D eigenvalue weighted by atomic mass is 16.8. The Morgan fingerprint density at radius 2 is 1.91 bits per heavy atom. The zero-order chi connectivity index (χ0) is 24.0. The summed E-state index contributed by atoms with van der Waals surface area (Å²) in [6, 6.07) is 15.0. The number of carbonyl (C=O) groups excluding carboxylic acids is 2. The van der Waals surface area contributed by atoms with Crippen molar-refractivity contribution in [2.45, 2.75) is 58.2 Å². The summed E-state index contributed by atoms with van der Waals surface area (Å²) in [4.78, 5) is 30.2. The van der Waals surface area contributed by atoms with Gasteiger partial charge >= 0.3 is 6.09 Å². The maximum atomic E-state index is 14.2. The lowest BCUT2D eigenvalue weighted by Crippen LogP contribution is -2.64. The van der Waals surface area contributed by atoms with Crippen molar-refractivity contribution in [1.29, 1.82) is 0 Å². The van der Waals surface area contributed by atoms with E-state index in [-0.39, 0.29) is 30.1 Å². The summed E-state index contributed by atoms with van der Waals surface area (Å²) in [5, 5.41) is 22.5. The highest BCUT2D eigenvalue weighted by molar-refractivity contribution is 6.23. The van der Waals surface area contributed by atoms with E-state index < -0.39 is 23.1 Å². The van der Waals surface area contributed by atoms with Gasteiger partial charge in [-0.1, -0.05) is 48.0 Å². The minimum Gasteiger partial charge on any atom is -0.444 e. The Kier molecular flexibility index (Phi) is 5.56. The molecule has 0 bridgehead atoms. The number of ether oxygens (including phenoxy) is 1. The molecule has 2 aliphatic rings. The van der Waals surface area contributed by atoms with E-state index in [1.165, 1.54) is 4.90 Å². The molecule has 2 aliphatic heterocycles. The van der Waals surface area contributed by atoms with Crippen LogP contribution in [-0.4, -0.2) is 44.9 Å². The van der Waals surface area contributed by atoms with Gasteiger partial charge in [0.1, 0.15) is 5.60 Å². The Labute approximate surface area is 193 Å². The van der Waals surface area contributed by atoms with Gasteiger partial charge in [-0.3, -0.25) is 14.9 Å². The number of aryl methyl sites for hydroxylation is 1. The van der Waals surface area contributed by atoms with E-state index in [1.54, 1.807) is 25.7 Å². The quantitative estimate of drug-likeness (QED) is 0.421. The van der Waals surface area contributed by atoms with E-state index in [0.29, 0.717) is 17.7 Å². The Morgan fingerprint density at radius 3 is 2.55 bits per heavy atom. The van der Waals surface area contributed by atoms with Crippen molar-refractivity contribution in [1.82, 2.24) is 4.90 Å². The van der Waals surface area contributed by atoms with Crippen LogP contribution in [-0.2, 0) is 21.6 Å². The summed E-state index contributed by atoms with van der Waals surface area (Å²) in [6.07, 6.45) is -0.107. The monoisotopic (exact) mass is 451 g/mol. The van der Waals surface area contributed by atoms with Crippen LogP contribution in [0.5, 0.6) is 0 Å². The smallest absolute Gasteiger partial charge is 0.411 e. The molecule has 1 atom stereocenters. The third-order valence-corrected chi connectivity index (χ3v) is 6.03. The maximum Gasteiger partial charge on any atom is 0.411 e. The van der Waals surface area contributed by atoms with E-state index in [1.807, 2.05) is 55.5 Å². The normalized spacial score (nSPS) is 21.9. The lowest BCUT2D eigenvalue weighted by Gasteiger charge is -2.41. The highest BCUT2D eigenvalue weighted by Gasteiger charge is 2.65. The lowest BCUT2D eigenvalue weighted by atomic mass is 9.79. The Morgan fingerprint density at radius 1 is 1.21 bits per heavy atom. The number of piperidine rings is 1. The van der Waals surface area contributed by atoms with Crippen LogP contribution < -0.4 is 4.90 Å². The lowest BCUT2D eigenvalue weighted by molar-refractivity contribution is -0.728. The van der Waals surface area contributed by atoms with Crippen molar-refractivity contribution in [3.63, 3.8) is 0 Å². The first-order valence-electron chi connectivity index (χ1n) is 11.1. The largest absolute Gasteiger partial charge is 0.444 e. The van der Waals surface area contributed by atoms with Crippen LogP contribution in [0.2, 0.25) is 0 Å². The van der Waals surface area contributed by atoms with Crippen LogP contribution in [0, 0.1) is 12.1 Å². The van der Waals surface area contributed by atoms with Gasteiger partial charge in [0, 0.05) is 23.4 Å². The van der Waals surface area contributed by atoms with Gasteiger partial charge < -0.3 is 14.8 Å². The first kappa shape index (κ1) is 22.6. The minimum absolute atomic E-state index is 0.0768. The Balaban J connectivity index is 1.94. The van der Waals surface area contributed by atoms with Crippen molar-refractivity contribution in [2.75, 3.05) is 11.4 Å². The summed E-state index contributed by atoms with van der Waals surface area (Å²) >= 11 is 0. The molecule has 1 fully saturated rings. The standard InChI is InChI=1S/C25H29N3O5/c1-17-12-13-20-19(15-17)25(22(29)26(20)16-18-9-6-5-7-10-18)21(28(31)32)11-8-14-27(25)23(30)33-24(2,3)4/h5-7,9-10,12-13,15H,8,11,14,16H2,1-4H3,(H,31,32).